The number of rotatable bonds is 4. The van der Waals surface area contributed by atoms with E-state index in [-0.39, 0.29) is 11.7 Å². The van der Waals surface area contributed by atoms with Crippen LogP contribution in [0.1, 0.15) is 5.56 Å². The maximum absolute atomic E-state index is 12.9. The van der Waals surface area contributed by atoms with Crippen LogP contribution in [0, 0.1) is 5.82 Å². The van der Waals surface area contributed by atoms with E-state index in [2.05, 4.69) is 4.90 Å². The van der Waals surface area contributed by atoms with Gasteiger partial charge in [0.1, 0.15) is 11.6 Å². The average molecular weight is 328 g/mol. The lowest BCUT2D eigenvalue weighted by Crippen LogP contribution is -2.49. The summed E-state index contributed by atoms with van der Waals surface area (Å²) in [5, 5.41) is 0. The Bertz CT molecular complexity index is 678. The summed E-state index contributed by atoms with van der Waals surface area (Å²) in [5.74, 6) is 0.655. The van der Waals surface area contributed by atoms with E-state index in [9.17, 15) is 9.18 Å². The van der Waals surface area contributed by atoms with Gasteiger partial charge in [-0.3, -0.25) is 4.79 Å². The number of anilines is 1. The Kier molecular flexibility index (Phi) is 4.99. The second-order valence-corrected chi connectivity index (χ2v) is 5.87. The number of ether oxygens (including phenoxy) is 1. The molecule has 2 aromatic rings. The SMILES string of the molecule is COc1ccc(N2CCN(C(=O)Cc3ccc(F)cc3)CC2)cc1. The van der Waals surface area contributed by atoms with Gasteiger partial charge in [-0.1, -0.05) is 12.1 Å². The minimum absolute atomic E-state index is 0.0935. The van der Waals surface area contributed by atoms with Crippen LogP contribution in [0.2, 0.25) is 0 Å². The van der Waals surface area contributed by atoms with E-state index in [1.807, 2.05) is 29.2 Å². The summed E-state index contributed by atoms with van der Waals surface area (Å²) in [5.41, 5.74) is 1.99. The van der Waals surface area contributed by atoms with Crippen LogP contribution in [0.3, 0.4) is 0 Å². The van der Waals surface area contributed by atoms with Crippen LogP contribution in [0.5, 0.6) is 5.75 Å². The van der Waals surface area contributed by atoms with Gasteiger partial charge < -0.3 is 14.5 Å². The molecule has 0 spiro atoms. The molecule has 1 saturated heterocycles. The van der Waals surface area contributed by atoms with Crippen LogP contribution in [-0.2, 0) is 11.2 Å². The molecule has 24 heavy (non-hydrogen) atoms. The summed E-state index contributed by atoms with van der Waals surface area (Å²) < 4.78 is 18.1. The van der Waals surface area contributed by atoms with Gasteiger partial charge in [-0.25, -0.2) is 4.39 Å². The standard InChI is InChI=1S/C19H21FN2O2/c1-24-18-8-6-17(7-9-18)21-10-12-22(13-11-21)19(23)14-15-2-4-16(20)5-3-15/h2-9H,10-14H2,1H3. The van der Waals surface area contributed by atoms with E-state index < -0.39 is 0 Å². The van der Waals surface area contributed by atoms with Crippen molar-refractivity contribution < 1.29 is 13.9 Å². The minimum Gasteiger partial charge on any atom is -0.497 e. The van der Waals surface area contributed by atoms with Crippen LogP contribution >= 0.6 is 0 Å². The molecule has 2 aromatic carbocycles. The highest BCUT2D eigenvalue weighted by atomic mass is 19.1. The first-order chi connectivity index (χ1) is 11.7. The number of carbonyl (C=O) groups is 1. The summed E-state index contributed by atoms with van der Waals surface area (Å²) in [6.07, 6.45) is 0.322. The lowest BCUT2D eigenvalue weighted by atomic mass is 10.1. The molecule has 1 amide bonds. The molecule has 1 heterocycles. The molecule has 0 aromatic heterocycles. The second kappa shape index (κ2) is 7.34. The maximum Gasteiger partial charge on any atom is 0.227 e. The van der Waals surface area contributed by atoms with Crippen molar-refractivity contribution in [2.75, 3.05) is 38.2 Å². The molecule has 0 atom stereocenters. The Morgan fingerprint density at radius 2 is 1.62 bits per heavy atom. The van der Waals surface area contributed by atoms with Gasteiger partial charge in [-0.15, -0.1) is 0 Å². The van der Waals surface area contributed by atoms with Crippen molar-refractivity contribution in [3.63, 3.8) is 0 Å². The quantitative estimate of drug-likeness (QED) is 0.865. The van der Waals surface area contributed by atoms with Gasteiger partial charge >= 0.3 is 0 Å². The molecule has 126 valence electrons. The Hall–Kier alpha value is -2.56. The van der Waals surface area contributed by atoms with Crippen molar-refractivity contribution >= 4 is 11.6 Å². The summed E-state index contributed by atoms with van der Waals surface area (Å²) in [6, 6.07) is 14.1. The highest BCUT2D eigenvalue weighted by molar-refractivity contribution is 5.79. The van der Waals surface area contributed by atoms with E-state index in [0.29, 0.717) is 19.5 Å². The highest BCUT2D eigenvalue weighted by Crippen LogP contribution is 2.20. The van der Waals surface area contributed by atoms with E-state index in [4.69, 9.17) is 4.74 Å². The second-order valence-electron chi connectivity index (χ2n) is 5.87. The van der Waals surface area contributed by atoms with Gasteiger partial charge in [0.2, 0.25) is 5.91 Å². The van der Waals surface area contributed by atoms with Gasteiger partial charge in [0, 0.05) is 31.9 Å². The fourth-order valence-electron chi connectivity index (χ4n) is 2.90. The molecule has 0 saturated carbocycles. The normalized spacial score (nSPS) is 14.6. The lowest BCUT2D eigenvalue weighted by molar-refractivity contribution is -0.130. The fourth-order valence-corrected chi connectivity index (χ4v) is 2.90. The van der Waals surface area contributed by atoms with Crippen molar-refractivity contribution in [1.82, 2.24) is 4.90 Å². The van der Waals surface area contributed by atoms with Gasteiger partial charge in [0.05, 0.1) is 13.5 Å². The number of halogens is 1. The van der Waals surface area contributed by atoms with Crippen LogP contribution < -0.4 is 9.64 Å². The Labute approximate surface area is 141 Å². The highest BCUT2D eigenvalue weighted by Gasteiger charge is 2.21. The molecule has 0 unspecified atom stereocenters. The molecular weight excluding hydrogens is 307 g/mol. The first-order valence-electron chi connectivity index (χ1n) is 8.07. The smallest absolute Gasteiger partial charge is 0.227 e. The summed E-state index contributed by atoms with van der Waals surface area (Å²) in [4.78, 5) is 16.5. The third-order valence-electron chi connectivity index (χ3n) is 4.34. The molecule has 0 N–H and O–H groups in total. The summed E-state index contributed by atoms with van der Waals surface area (Å²) in [7, 11) is 1.65. The Balaban J connectivity index is 1.54. The first kappa shape index (κ1) is 16.3. The fraction of sp³-hybridized carbons (Fsp3) is 0.316. The van der Waals surface area contributed by atoms with Crippen LogP contribution in [0.4, 0.5) is 10.1 Å². The first-order valence-corrected chi connectivity index (χ1v) is 8.07. The van der Waals surface area contributed by atoms with Gasteiger partial charge in [0.25, 0.3) is 0 Å². The third-order valence-corrected chi connectivity index (χ3v) is 4.34. The number of benzene rings is 2. The average Bonchev–Trinajstić information content (AvgIpc) is 2.64. The van der Waals surface area contributed by atoms with Crippen LogP contribution in [0.15, 0.2) is 48.5 Å². The van der Waals surface area contributed by atoms with E-state index in [1.54, 1.807) is 19.2 Å². The summed E-state index contributed by atoms with van der Waals surface area (Å²) >= 11 is 0. The van der Waals surface area contributed by atoms with Gasteiger partial charge in [-0.2, -0.15) is 0 Å². The molecule has 4 nitrogen and oxygen atoms in total. The third kappa shape index (κ3) is 3.85. The number of methoxy groups -OCH3 is 1. The summed E-state index contributed by atoms with van der Waals surface area (Å²) in [6.45, 7) is 3.01. The monoisotopic (exact) mass is 328 g/mol. The van der Waals surface area contributed by atoms with Crippen molar-refractivity contribution in [3.05, 3.63) is 59.9 Å². The maximum atomic E-state index is 12.9. The predicted molar refractivity (Wildman–Crippen MR) is 91.9 cm³/mol. The number of hydrogen-bond donors (Lipinski definition) is 0. The molecule has 0 radical (unpaired) electrons. The Morgan fingerprint density at radius 3 is 2.21 bits per heavy atom. The van der Waals surface area contributed by atoms with Gasteiger partial charge in [-0.05, 0) is 42.0 Å². The molecule has 1 aliphatic heterocycles. The Morgan fingerprint density at radius 1 is 1.00 bits per heavy atom. The molecule has 5 heteroatoms. The number of hydrogen-bond acceptors (Lipinski definition) is 3. The molecule has 1 fully saturated rings. The van der Waals surface area contributed by atoms with Crippen molar-refractivity contribution in [2.45, 2.75) is 6.42 Å². The van der Waals surface area contributed by atoms with Gasteiger partial charge in [0.15, 0.2) is 0 Å². The molecular formula is C19H21FN2O2. The molecule has 3 rings (SSSR count). The number of nitrogens with zero attached hydrogens (tertiary/aromatic N) is 2. The van der Waals surface area contributed by atoms with Crippen LogP contribution in [-0.4, -0.2) is 44.1 Å². The number of piperazine rings is 1. The zero-order valence-corrected chi connectivity index (χ0v) is 13.7. The van der Waals surface area contributed by atoms with Crippen molar-refractivity contribution in [1.29, 1.82) is 0 Å². The molecule has 0 aliphatic carbocycles. The molecule has 1 aliphatic rings. The van der Waals surface area contributed by atoms with Crippen LogP contribution in [0.25, 0.3) is 0 Å². The van der Waals surface area contributed by atoms with Crippen molar-refractivity contribution in [3.8, 4) is 5.75 Å². The topological polar surface area (TPSA) is 32.8 Å². The largest absolute Gasteiger partial charge is 0.497 e. The van der Waals surface area contributed by atoms with Crippen molar-refractivity contribution in [2.24, 2.45) is 0 Å². The van der Waals surface area contributed by atoms with E-state index >= 15 is 0 Å². The zero-order valence-electron chi connectivity index (χ0n) is 13.7. The zero-order chi connectivity index (χ0) is 16.9. The van der Waals surface area contributed by atoms with E-state index in [0.717, 1.165) is 30.1 Å². The minimum atomic E-state index is -0.278. The predicted octanol–water partition coefficient (Wildman–Crippen LogP) is 2.73. The lowest BCUT2D eigenvalue weighted by Gasteiger charge is -2.36. The molecule has 0 bridgehead atoms. The number of amides is 1. The van der Waals surface area contributed by atoms with E-state index in [1.165, 1.54) is 12.1 Å². The number of carbonyl (C=O) groups excluding carboxylic acids is 1.